The lowest BCUT2D eigenvalue weighted by Crippen LogP contribution is -2.53. The number of sulfonamides is 1. The number of rotatable bonds is 6. The fourth-order valence-electron chi connectivity index (χ4n) is 2.53. The highest BCUT2D eigenvalue weighted by Crippen LogP contribution is 2.23. The third-order valence-electron chi connectivity index (χ3n) is 4.30. The molecule has 0 saturated carbocycles. The van der Waals surface area contributed by atoms with Crippen LogP contribution >= 0.6 is 0 Å². The first-order valence-electron chi connectivity index (χ1n) is 7.88. The molecule has 1 unspecified atom stereocenters. The van der Waals surface area contributed by atoms with E-state index in [9.17, 15) is 8.42 Å². The zero-order valence-electron chi connectivity index (χ0n) is 14.6. The average Bonchev–Trinajstić information content (AvgIpc) is 2.35. The summed E-state index contributed by atoms with van der Waals surface area (Å²) in [6.07, 6.45) is 2.41. The molecule has 0 spiro atoms. The normalized spacial score (nSPS) is 22.2. The van der Waals surface area contributed by atoms with Crippen molar-refractivity contribution in [2.24, 2.45) is 5.41 Å². The summed E-state index contributed by atoms with van der Waals surface area (Å²) in [7, 11) is -3.03. The maximum absolute atomic E-state index is 11.5. The summed E-state index contributed by atoms with van der Waals surface area (Å²) >= 11 is 0. The molecule has 1 saturated heterocycles. The Morgan fingerprint density at radius 1 is 1.05 bits per heavy atom. The Kier molecular flexibility index (Phi) is 6.24. The van der Waals surface area contributed by atoms with Crippen molar-refractivity contribution >= 4 is 10.0 Å². The predicted octanol–water partition coefficient (Wildman–Crippen LogP) is 1.37. The van der Waals surface area contributed by atoms with Crippen LogP contribution in [0, 0.1) is 5.41 Å². The highest BCUT2D eigenvalue weighted by molar-refractivity contribution is 7.88. The summed E-state index contributed by atoms with van der Waals surface area (Å²) in [6, 6.07) is 0. The van der Waals surface area contributed by atoms with Crippen molar-refractivity contribution in [3.05, 3.63) is 0 Å². The molecule has 1 atom stereocenters. The van der Waals surface area contributed by atoms with Crippen LogP contribution < -0.4 is 5.32 Å². The van der Waals surface area contributed by atoms with Gasteiger partial charge in [-0.05, 0) is 32.6 Å². The first-order chi connectivity index (χ1) is 9.45. The molecular formula is C15H33N3O2S. The van der Waals surface area contributed by atoms with Gasteiger partial charge in [0.25, 0.3) is 0 Å². The van der Waals surface area contributed by atoms with Gasteiger partial charge in [-0.3, -0.25) is 0 Å². The SMILES string of the molecule is CCC(C)(CNC(C)(C)C)CN1CCN(S(C)(=O)=O)CC1. The Balaban J connectivity index is 2.52. The fourth-order valence-corrected chi connectivity index (χ4v) is 3.36. The maximum atomic E-state index is 11.5. The van der Waals surface area contributed by atoms with Gasteiger partial charge in [-0.25, -0.2) is 8.42 Å². The largest absolute Gasteiger partial charge is 0.311 e. The summed E-state index contributed by atoms with van der Waals surface area (Å²) in [4.78, 5) is 2.40. The number of nitrogens with one attached hydrogen (secondary N) is 1. The van der Waals surface area contributed by atoms with E-state index in [1.165, 1.54) is 6.26 Å². The second-order valence-corrected chi connectivity index (χ2v) is 9.69. The minimum absolute atomic E-state index is 0.130. The average molecular weight is 320 g/mol. The molecule has 21 heavy (non-hydrogen) atoms. The van der Waals surface area contributed by atoms with Gasteiger partial charge in [0.05, 0.1) is 6.26 Å². The quantitative estimate of drug-likeness (QED) is 0.803. The van der Waals surface area contributed by atoms with Crippen molar-refractivity contribution in [1.82, 2.24) is 14.5 Å². The summed E-state index contributed by atoms with van der Waals surface area (Å²) in [6.45, 7) is 16.0. The van der Waals surface area contributed by atoms with Crippen molar-refractivity contribution in [2.75, 3.05) is 45.5 Å². The summed E-state index contributed by atoms with van der Waals surface area (Å²) < 4.78 is 24.7. The fraction of sp³-hybridized carbons (Fsp3) is 1.00. The van der Waals surface area contributed by atoms with Gasteiger partial charge < -0.3 is 10.2 Å². The van der Waals surface area contributed by atoms with Crippen molar-refractivity contribution in [1.29, 1.82) is 0 Å². The molecule has 1 heterocycles. The third-order valence-corrected chi connectivity index (χ3v) is 5.61. The van der Waals surface area contributed by atoms with E-state index < -0.39 is 10.0 Å². The minimum Gasteiger partial charge on any atom is -0.311 e. The van der Waals surface area contributed by atoms with E-state index in [-0.39, 0.29) is 11.0 Å². The highest BCUT2D eigenvalue weighted by Gasteiger charge is 2.30. The van der Waals surface area contributed by atoms with Crippen LogP contribution in [0.5, 0.6) is 0 Å². The zero-order valence-corrected chi connectivity index (χ0v) is 15.4. The lowest BCUT2D eigenvalue weighted by atomic mass is 9.85. The lowest BCUT2D eigenvalue weighted by molar-refractivity contribution is 0.113. The first kappa shape index (κ1) is 18.9. The van der Waals surface area contributed by atoms with Crippen LogP contribution in [-0.2, 0) is 10.0 Å². The Hall–Kier alpha value is -0.170. The summed E-state index contributed by atoms with van der Waals surface area (Å²) in [5.74, 6) is 0. The molecule has 0 amide bonds. The Bertz CT molecular complexity index is 423. The van der Waals surface area contributed by atoms with E-state index in [1.54, 1.807) is 4.31 Å². The van der Waals surface area contributed by atoms with Crippen molar-refractivity contribution in [3.8, 4) is 0 Å². The van der Waals surface area contributed by atoms with Gasteiger partial charge in [0.1, 0.15) is 0 Å². The zero-order chi connectivity index (χ0) is 16.3. The van der Waals surface area contributed by atoms with Crippen molar-refractivity contribution in [2.45, 2.75) is 46.6 Å². The van der Waals surface area contributed by atoms with Gasteiger partial charge >= 0.3 is 0 Å². The van der Waals surface area contributed by atoms with E-state index >= 15 is 0 Å². The van der Waals surface area contributed by atoms with Crippen LogP contribution in [0.1, 0.15) is 41.0 Å². The molecule has 126 valence electrons. The van der Waals surface area contributed by atoms with Crippen LogP contribution in [0.25, 0.3) is 0 Å². The third kappa shape index (κ3) is 6.63. The molecule has 6 heteroatoms. The number of hydrogen-bond donors (Lipinski definition) is 1. The van der Waals surface area contributed by atoms with Crippen LogP contribution in [-0.4, -0.2) is 68.7 Å². The number of hydrogen-bond acceptors (Lipinski definition) is 4. The molecule has 1 aliphatic heterocycles. The molecule has 0 aliphatic carbocycles. The molecule has 5 nitrogen and oxygen atoms in total. The summed E-state index contributed by atoms with van der Waals surface area (Å²) in [5, 5.41) is 3.60. The van der Waals surface area contributed by atoms with Crippen LogP contribution in [0.4, 0.5) is 0 Å². The molecule has 1 aliphatic rings. The second kappa shape index (κ2) is 6.94. The summed E-state index contributed by atoms with van der Waals surface area (Å²) in [5.41, 5.74) is 0.353. The molecule has 0 aromatic carbocycles. The topological polar surface area (TPSA) is 52.6 Å². The van der Waals surface area contributed by atoms with Gasteiger partial charge in [0.2, 0.25) is 10.0 Å². The van der Waals surface area contributed by atoms with Gasteiger partial charge in [-0.1, -0.05) is 13.8 Å². The van der Waals surface area contributed by atoms with E-state index in [4.69, 9.17) is 0 Å². The Morgan fingerprint density at radius 2 is 1.57 bits per heavy atom. The molecule has 1 fully saturated rings. The molecule has 0 aromatic heterocycles. The predicted molar refractivity (Wildman–Crippen MR) is 89.0 cm³/mol. The van der Waals surface area contributed by atoms with Crippen molar-refractivity contribution < 1.29 is 8.42 Å². The number of piperazine rings is 1. The van der Waals surface area contributed by atoms with Crippen LogP contribution in [0.3, 0.4) is 0 Å². The smallest absolute Gasteiger partial charge is 0.211 e. The van der Waals surface area contributed by atoms with Crippen LogP contribution in [0.2, 0.25) is 0 Å². The van der Waals surface area contributed by atoms with Gasteiger partial charge in [0, 0.05) is 44.8 Å². The molecular weight excluding hydrogens is 286 g/mol. The Labute approximate surface area is 131 Å². The van der Waals surface area contributed by atoms with E-state index in [0.29, 0.717) is 13.1 Å². The first-order valence-corrected chi connectivity index (χ1v) is 9.72. The second-order valence-electron chi connectivity index (χ2n) is 7.71. The van der Waals surface area contributed by atoms with Gasteiger partial charge in [-0.15, -0.1) is 0 Å². The molecule has 0 bridgehead atoms. The molecule has 0 aromatic rings. The highest BCUT2D eigenvalue weighted by atomic mass is 32.2. The minimum atomic E-state index is -3.03. The number of nitrogens with zero attached hydrogens (tertiary/aromatic N) is 2. The lowest BCUT2D eigenvalue weighted by Gasteiger charge is -2.40. The molecule has 1 N–H and O–H groups in total. The Morgan fingerprint density at radius 3 is 1.95 bits per heavy atom. The van der Waals surface area contributed by atoms with E-state index in [0.717, 1.165) is 32.6 Å². The monoisotopic (exact) mass is 319 g/mol. The van der Waals surface area contributed by atoms with Gasteiger partial charge in [0.15, 0.2) is 0 Å². The van der Waals surface area contributed by atoms with Crippen molar-refractivity contribution in [3.63, 3.8) is 0 Å². The standard InChI is InChI=1S/C15H33N3O2S/c1-7-15(5,12-16-14(2,3)4)13-17-8-10-18(11-9-17)21(6,19)20/h16H,7-13H2,1-6H3. The van der Waals surface area contributed by atoms with E-state index in [1.807, 2.05) is 0 Å². The molecule has 1 rings (SSSR count). The van der Waals surface area contributed by atoms with E-state index in [2.05, 4.69) is 44.8 Å². The molecule has 0 radical (unpaired) electrons. The van der Waals surface area contributed by atoms with Crippen LogP contribution in [0.15, 0.2) is 0 Å². The van der Waals surface area contributed by atoms with Gasteiger partial charge in [-0.2, -0.15) is 4.31 Å². The maximum Gasteiger partial charge on any atom is 0.211 e.